The number of allylic oxidation sites excluding steroid dienone is 1. The number of fused-ring (bicyclic) bond motifs is 1. The molecule has 0 saturated heterocycles. The molecule has 0 radical (unpaired) electrons. The average molecular weight is 649 g/mol. The predicted octanol–water partition coefficient (Wildman–Crippen LogP) is 4.83. The minimum absolute atomic E-state index is 0.249. The summed E-state index contributed by atoms with van der Waals surface area (Å²) in [6.07, 6.45) is 3.30. The first-order chi connectivity index (χ1) is 22.7. The number of methoxy groups -OCH3 is 2. The monoisotopic (exact) mass is 648 g/mol. The Morgan fingerprint density at radius 2 is 1.64 bits per heavy atom. The topological polar surface area (TPSA) is 114 Å². The Kier molecular flexibility index (Phi) is 8.73. The van der Waals surface area contributed by atoms with Crippen LogP contribution in [-0.4, -0.2) is 46.6 Å². The Hall–Kier alpha value is -5.55. The Labute approximate surface area is 274 Å². The minimum atomic E-state index is -0.834. The Bertz CT molecular complexity index is 2180. The largest absolute Gasteiger partial charge is 0.497 e. The number of nitrogens with zero attached hydrogens (tertiary/aromatic N) is 4. The molecule has 3 aromatic carbocycles. The highest BCUT2D eigenvalue weighted by Gasteiger charge is 2.34. The van der Waals surface area contributed by atoms with Crippen LogP contribution >= 0.6 is 11.3 Å². The Morgan fingerprint density at radius 3 is 2.28 bits per heavy atom. The van der Waals surface area contributed by atoms with Gasteiger partial charge in [-0.2, -0.15) is 5.10 Å². The fraction of sp³-hybridized carbons (Fsp3) is 0.194. The van der Waals surface area contributed by atoms with Crippen LogP contribution in [0.2, 0.25) is 0 Å². The van der Waals surface area contributed by atoms with Crippen LogP contribution in [0.1, 0.15) is 48.3 Å². The van der Waals surface area contributed by atoms with E-state index in [-0.39, 0.29) is 17.2 Å². The molecule has 5 aromatic rings. The van der Waals surface area contributed by atoms with Gasteiger partial charge in [-0.3, -0.25) is 9.36 Å². The Morgan fingerprint density at radius 1 is 0.936 bits per heavy atom. The van der Waals surface area contributed by atoms with Crippen LogP contribution in [0.25, 0.3) is 23.0 Å². The first-order valence-corrected chi connectivity index (χ1v) is 15.7. The first kappa shape index (κ1) is 31.4. The maximum atomic E-state index is 14.3. The quantitative estimate of drug-likeness (QED) is 0.222. The van der Waals surface area contributed by atoms with Gasteiger partial charge in [0.2, 0.25) is 0 Å². The van der Waals surface area contributed by atoms with E-state index < -0.39 is 18.0 Å². The summed E-state index contributed by atoms with van der Waals surface area (Å²) >= 11 is 1.22. The molecule has 10 nitrogen and oxygen atoms in total. The maximum absolute atomic E-state index is 14.3. The van der Waals surface area contributed by atoms with E-state index in [9.17, 15) is 14.4 Å². The number of hydrogen-bond acceptors (Lipinski definition) is 9. The lowest BCUT2D eigenvalue weighted by molar-refractivity contribution is -0.143. The smallest absolute Gasteiger partial charge is 0.338 e. The van der Waals surface area contributed by atoms with Crippen molar-refractivity contribution in [1.29, 1.82) is 0 Å². The molecule has 0 spiro atoms. The van der Waals surface area contributed by atoms with Gasteiger partial charge in [0.05, 0.1) is 53.4 Å². The van der Waals surface area contributed by atoms with Crippen molar-refractivity contribution in [2.24, 2.45) is 4.99 Å². The highest BCUT2D eigenvalue weighted by atomic mass is 32.1. The third-order valence-corrected chi connectivity index (χ3v) is 8.63. The van der Waals surface area contributed by atoms with E-state index in [0.717, 1.165) is 16.8 Å². The summed E-state index contributed by atoms with van der Waals surface area (Å²) in [6.45, 7) is 5.26. The van der Waals surface area contributed by atoms with Gasteiger partial charge in [0, 0.05) is 17.3 Å². The van der Waals surface area contributed by atoms with Gasteiger partial charge >= 0.3 is 11.9 Å². The van der Waals surface area contributed by atoms with Gasteiger partial charge in [-0.25, -0.2) is 19.3 Å². The molecular weight excluding hydrogens is 616 g/mol. The fourth-order valence-corrected chi connectivity index (χ4v) is 6.45. The summed E-state index contributed by atoms with van der Waals surface area (Å²) in [7, 11) is 2.92. The number of thiazole rings is 1. The van der Waals surface area contributed by atoms with Crippen molar-refractivity contribution in [3.8, 4) is 22.7 Å². The summed E-state index contributed by atoms with van der Waals surface area (Å²) in [6, 6.07) is 23.1. The normalized spacial score (nSPS) is 14.5. The second-order valence-electron chi connectivity index (χ2n) is 11.1. The van der Waals surface area contributed by atoms with Gasteiger partial charge in [0.15, 0.2) is 4.80 Å². The van der Waals surface area contributed by atoms with E-state index in [1.54, 1.807) is 62.9 Å². The number of carbonyl (C=O) groups is 2. The molecule has 2 aromatic heterocycles. The highest BCUT2D eigenvalue weighted by Crippen LogP contribution is 2.32. The molecule has 47 heavy (non-hydrogen) atoms. The van der Waals surface area contributed by atoms with Gasteiger partial charge in [0.25, 0.3) is 5.56 Å². The van der Waals surface area contributed by atoms with Gasteiger partial charge in [-0.15, -0.1) is 0 Å². The summed E-state index contributed by atoms with van der Waals surface area (Å²) in [5.74, 6) is -0.341. The van der Waals surface area contributed by atoms with Crippen LogP contribution in [0.3, 0.4) is 0 Å². The van der Waals surface area contributed by atoms with Gasteiger partial charge in [-0.1, -0.05) is 41.7 Å². The maximum Gasteiger partial charge on any atom is 0.338 e. The molecule has 0 unspecified atom stereocenters. The summed E-state index contributed by atoms with van der Waals surface area (Å²) in [5, 5.41) is 4.89. The number of carbonyl (C=O) groups excluding carboxylic acids is 2. The molecule has 0 amide bonds. The third kappa shape index (κ3) is 6.17. The second kappa shape index (κ2) is 13.1. The van der Waals surface area contributed by atoms with Crippen molar-refractivity contribution in [3.63, 3.8) is 0 Å². The number of rotatable bonds is 8. The standard InChI is InChI=1S/C36H32N4O6S/c1-21(2)46-35(43)30-22(3)37-36-40(32(30)24-11-13-25(14-12-24)34(42)45-5)33(41)29(47-36)19-26-20-39(27-9-7-6-8-10-27)38-31(26)23-15-17-28(44-4)18-16-23/h6-21,32H,1-5H3/b29-19-/t32-/m1/s1. The van der Waals surface area contributed by atoms with Crippen molar-refractivity contribution < 1.29 is 23.8 Å². The van der Waals surface area contributed by atoms with Crippen molar-refractivity contribution in [3.05, 3.63) is 133 Å². The lowest BCUT2D eigenvalue weighted by Crippen LogP contribution is -2.40. The Balaban J connectivity index is 1.53. The van der Waals surface area contributed by atoms with Gasteiger partial charge in [0.1, 0.15) is 11.4 Å². The predicted molar refractivity (Wildman–Crippen MR) is 178 cm³/mol. The van der Waals surface area contributed by atoms with Gasteiger partial charge in [-0.05, 0) is 80.9 Å². The zero-order valence-corrected chi connectivity index (χ0v) is 27.3. The molecule has 238 valence electrons. The molecule has 0 N–H and O–H groups in total. The molecule has 0 aliphatic carbocycles. The number of benzene rings is 3. The van der Waals surface area contributed by atoms with E-state index in [1.807, 2.05) is 60.8 Å². The third-order valence-electron chi connectivity index (χ3n) is 7.65. The molecule has 0 fully saturated rings. The zero-order valence-electron chi connectivity index (χ0n) is 26.5. The van der Waals surface area contributed by atoms with E-state index in [1.165, 1.54) is 23.0 Å². The fourth-order valence-electron chi connectivity index (χ4n) is 5.42. The van der Waals surface area contributed by atoms with Crippen LogP contribution in [0.5, 0.6) is 5.75 Å². The lowest BCUT2D eigenvalue weighted by Gasteiger charge is -2.25. The molecule has 1 aliphatic rings. The molecule has 0 bridgehead atoms. The van der Waals surface area contributed by atoms with Crippen LogP contribution < -0.4 is 19.6 Å². The van der Waals surface area contributed by atoms with E-state index >= 15 is 0 Å². The molecule has 0 saturated carbocycles. The molecule has 6 rings (SSSR count). The van der Waals surface area contributed by atoms with Crippen molar-refractivity contribution in [1.82, 2.24) is 14.3 Å². The van der Waals surface area contributed by atoms with Crippen LogP contribution in [0, 0.1) is 0 Å². The van der Waals surface area contributed by atoms with E-state index in [2.05, 4.69) is 0 Å². The molecule has 3 heterocycles. The second-order valence-corrected chi connectivity index (χ2v) is 12.1. The zero-order chi connectivity index (χ0) is 33.2. The van der Waals surface area contributed by atoms with Crippen LogP contribution in [-0.2, 0) is 14.3 Å². The summed E-state index contributed by atoms with van der Waals surface area (Å²) < 4.78 is 19.5. The number of aromatic nitrogens is 3. The van der Waals surface area contributed by atoms with E-state index in [4.69, 9.17) is 24.3 Å². The summed E-state index contributed by atoms with van der Waals surface area (Å²) in [4.78, 5) is 45.1. The highest BCUT2D eigenvalue weighted by molar-refractivity contribution is 7.07. The van der Waals surface area contributed by atoms with Crippen LogP contribution in [0.4, 0.5) is 0 Å². The molecular formula is C36H32N4O6S. The number of para-hydroxylation sites is 1. The van der Waals surface area contributed by atoms with Crippen molar-refractivity contribution in [2.75, 3.05) is 14.2 Å². The summed E-state index contributed by atoms with van der Waals surface area (Å²) in [5.41, 5.74) is 4.43. The number of esters is 2. The van der Waals surface area contributed by atoms with Crippen LogP contribution in [0.15, 0.2) is 106 Å². The first-order valence-electron chi connectivity index (χ1n) is 14.9. The number of hydrogen-bond donors (Lipinski definition) is 0. The molecule has 1 aliphatic heterocycles. The lowest BCUT2D eigenvalue weighted by atomic mass is 9.95. The average Bonchev–Trinajstić information content (AvgIpc) is 3.64. The SMILES string of the molecule is COC(=O)c1ccc([C@@H]2C(C(=O)OC(C)C)=C(C)N=c3s/c(=C\c4cn(-c5ccccc5)nc4-c4ccc(OC)cc4)c(=O)n32)cc1. The van der Waals surface area contributed by atoms with Crippen molar-refractivity contribution >= 4 is 29.4 Å². The molecule has 1 atom stereocenters. The minimum Gasteiger partial charge on any atom is -0.497 e. The van der Waals surface area contributed by atoms with Crippen molar-refractivity contribution in [2.45, 2.75) is 32.9 Å². The number of ether oxygens (including phenoxy) is 3. The van der Waals surface area contributed by atoms with Gasteiger partial charge < -0.3 is 14.2 Å². The molecule has 11 heteroatoms. The van der Waals surface area contributed by atoms with E-state index in [0.29, 0.717) is 37.6 Å².